The summed E-state index contributed by atoms with van der Waals surface area (Å²) >= 11 is 6.12. The molecule has 1 aliphatic rings. The number of amides is 1. The number of halogens is 1. The van der Waals surface area contributed by atoms with Crippen LogP contribution in [0.15, 0.2) is 30.3 Å². The van der Waals surface area contributed by atoms with E-state index < -0.39 is 0 Å². The summed E-state index contributed by atoms with van der Waals surface area (Å²) in [4.78, 5) is 12.1. The number of nitrogens with two attached hydrogens (primary N) is 1. The van der Waals surface area contributed by atoms with Gasteiger partial charge in [0.1, 0.15) is 5.69 Å². The van der Waals surface area contributed by atoms with Crippen molar-refractivity contribution in [3.8, 4) is 11.3 Å². The predicted molar refractivity (Wildman–Crippen MR) is 82.1 cm³/mol. The molecular formula is C15H17ClN4O. The largest absolute Gasteiger partial charge is 0.349 e. The minimum atomic E-state index is -0.197. The van der Waals surface area contributed by atoms with Crippen LogP contribution in [0.2, 0.25) is 5.02 Å². The van der Waals surface area contributed by atoms with Crippen LogP contribution in [-0.2, 0) is 0 Å². The van der Waals surface area contributed by atoms with E-state index in [1.54, 1.807) is 12.1 Å². The summed E-state index contributed by atoms with van der Waals surface area (Å²) in [7, 11) is 0. The van der Waals surface area contributed by atoms with Crippen LogP contribution in [-0.4, -0.2) is 28.7 Å². The monoisotopic (exact) mass is 304 g/mol. The normalized spacial score (nSPS) is 15.7. The Bertz CT molecular complexity index is 651. The smallest absolute Gasteiger partial charge is 0.269 e. The van der Waals surface area contributed by atoms with E-state index in [2.05, 4.69) is 15.5 Å². The van der Waals surface area contributed by atoms with Gasteiger partial charge in [-0.1, -0.05) is 29.8 Å². The van der Waals surface area contributed by atoms with Gasteiger partial charge in [-0.05, 0) is 30.9 Å². The maximum atomic E-state index is 12.1. The molecule has 1 amide bonds. The molecular weight excluding hydrogens is 288 g/mol. The van der Waals surface area contributed by atoms with Crippen molar-refractivity contribution in [3.63, 3.8) is 0 Å². The fraction of sp³-hybridized carbons (Fsp3) is 0.333. The summed E-state index contributed by atoms with van der Waals surface area (Å²) < 4.78 is 0. The quantitative estimate of drug-likeness (QED) is 0.792. The molecule has 6 heteroatoms. The van der Waals surface area contributed by atoms with Crippen LogP contribution in [0, 0.1) is 5.92 Å². The van der Waals surface area contributed by atoms with Crippen molar-refractivity contribution in [2.24, 2.45) is 11.7 Å². The molecule has 1 aromatic heterocycles. The van der Waals surface area contributed by atoms with E-state index in [0.717, 1.165) is 18.4 Å². The first-order valence-electron chi connectivity index (χ1n) is 6.99. The summed E-state index contributed by atoms with van der Waals surface area (Å²) in [6.45, 7) is 0.490. The van der Waals surface area contributed by atoms with Gasteiger partial charge in [0.2, 0.25) is 0 Å². The molecule has 3 rings (SSSR count). The maximum Gasteiger partial charge on any atom is 0.269 e. The van der Waals surface area contributed by atoms with Gasteiger partial charge in [-0.15, -0.1) is 0 Å². The summed E-state index contributed by atoms with van der Waals surface area (Å²) in [5, 5.41) is 10.3. The van der Waals surface area contributed by atoms with Gasteiger partial charge in [0.25, 0.3) is 5.91 Å². The number of benzene rings is 1. The van der Waals surface area contributed by atoms with Gasteiger partial charge in [0.15, 0.2) is 0 Å². The van der Waals surface area contributed by atoms with Gasteiger partial charge in [-0.3, -0.25) is 9.89 Å². The molecule has 1 atom stereocenters. The summed E-state index contributed by atoms with van der Waals surface area (Å²) in [5.41, 5.74) is 7.82. The number of hydrogen-bond donors (Lipinski definition) is 3. The fourth-order valence-electron chi connectivity index (χ4n) is 2.24. The van der Waals surface area contributed by atoms with Crippen molar-refractivity contribution >= 4 is 17.5 Å². The average Bonchev–Trinajstić information content (AvgIpc) is 3.23. The third-order valence-corrected chi connectivity index (χ3v) is 4.03. The lowest BCUT2D eigenvalue weighted by Gasteiger charge is -2.10. The Kier molecular flexibility index (Phi) is 3.94. The molecule has 21 heavy (non-hydrogen) atoms. The Balaban J connectivity index is 1.66. The van der Waals surface area contributed by atoms with Gasteiger partial charge in [0, 0.05) is 18.2 Å². The molecule has 1 aliphatic carbocycles. The number of nitrogens with one attached hydrogen (secondary N) is 2. The second kappa shape index (κ2) is 5.87. The van der Waals surface area contributed by atoms with Gasteiger partial charge in [-0.25, -0.2) is 0 Å². The number of aromatic nitrogens is 2. The minimum Gasteiger partial charge on any atom is -0.349 e. The van der Waals surface area contributed by atoms with Crippen LogP contribution in [0.3, 0.4) is 0 Å². The van der Waals surface area contributed by atoms with Crippen LogP contribution in [0.5, 0.6) is 0 Å². The number of hydrogen-bond acceptors (Lipinski definition) is 3. The van der Waals surface area contributed by atoms with E-state index in [1.807, 2.05) is 18.2 Å². The zero-order valence-corrected chi connectivity index (χ0v) is 12.2. The molecule has 5 nitrogen and oxygen atoms in total. The minimum absolute atomic E-state index is 0.0416. The Labute approximate surface area is 127 Å². The number of carbonyl (C=O) groups is 1. The van der Waals surface area contributed by atoms with Gasteiger partial charge >= 0.3 is 0 Å². The summed E-state index contributed by atoms with van der Waals surface area (Å²) in [5.74, 6) is 0.364. The van der Waals surface area contributed by atoms with Crippen molar-refractivity contribution in [1.29, 1.82) is 0 Å². The third kappa shape index (κ3) is 3.25. The van der Waals surface area contributed by atoms with E-state index in [-0.39, 0.29) is 11.9 Å². The maximum absolute atomic E-state index is 12.1. The van der Waals surface area contributed by atoms with Crippen LogP contribution >= 0.6 is 11.6 Å². The summed E-state index contributed by atoms with van der Waals surface area (Å²) in [6, 6.07) is 9.12. The lowest BCUT2D eigenvalue weighted by atomic mass is 10.1. The molecule has 4 N–H and O–H groups in total. The van der Waals surface area contributed by atoms with Crippen molar-refractivity contribution in [2.75, 3.05) is 6.54 Å². The first kappa shape index (κ1) is 14.1. The molecule has 1 heterocycles. The van der Waals surface area contributed by atoms with Crippen molar-refractivity contribution < 1.29 is 4.79 Å². The van der Waals surface area contributed by atoms with Crippen molar-refractivity contribution in [1.82, 2.24) is 15.5 Å². The van der Waals surface area contributed by atoms with E-state index in [4.69, 9.17) is 17.3 Å². The molecule has 1 fully saturated rings. The topological polar surface area (TPSA) is 83.8 Å². The molecule has 0 spiro atoms. The number of rotatable bonds is 5. The molecule has 1 saturated carbocycles. The Morgan fingerprint density at radius 3 is 2.95 bits per heavy atom. The highest BCUT2D eigenvalue weighted by atomic mass is 35.5. The van der Waals surface area contributed by atoms with E-state index in [0.29, 0.717) is 28.9 Å². The average molecular weight is 305 g/mol. The van der Waals surface area contributed by atoms with Crippen LogP contribution in [0.25, 0.3) is 11.3 Å². The first-order valence-corrected chi connectivity index (χ1v) is 7.37. The zero-order chi connectivity index (χ0) is 14.8. The molecule has 2 aromatic rings. The molecule has 0 saturated heterocycles. The summed E-state index contributed by atoms with van der Waals surface area (Å²) in [6.07, 6.45) is 2.33. The Hall–Kier alpha value is -1.85. The molecule has 1 unspecified atom stereocenters. The van der Waals surface area contributed by atoms with E-state index >= 15 is 0 Å². The highest BCUT2D eigenvalue weighted by molar-refractivity contribution is 6.33. The number of nitrogens with zero attached hydrogens (tertiary/aromatic N) is 1. The second-order valence-electron chi connectivity index (χ2n) is 5.36. The molecule has 0 radical (unpaired) electrons. The lowest BCUT2D eigenvalue weighted by Crippen LogP contribution is -2.38. The van der Waals surface area contributed by atoms with Crippen molar-refractivity contribution in [3.05, 3.63) is 41.0 Å². The Morgan fingerprint density at radius 2 is 2.24 bits per heavy atom. The second-order valence-corrected chi connectivity index (χ2v) is 5.77. The number of aromatic amines is 1. The van der Waals surface area contributed by atoms with Gasteiger partial charge < -0.3 is 11.1 Å². The van der Waals surface area contributed by atoms with Crippen LogP contribution < -0.4 is 11.1 Å². The fourth-order valence-corrected chi connectivity index (χ4v) is 2.47. The number of carbonyl (C=O) groups excluding carboxylic acids is 1. The van der Waals surface area contributed by atoms with Gasteiger partial charge in [0.05, 0.1) is 10.7 Å². The Morgan fingerprint density at radius 1 is 1.48 bits per heavy atom. The molecule has 0 aliphatic heterocycles. The zero-order valence-electron chi connectivity index (χ0n) is 11.5. The first-order chi connectivity index (χ1) is 10.1. The molecule has 0 bridgehead atoms. The van der Waals surface area contributed by atoms with Crippen LogP contribution in [0.1, 0.15) is 23.3 Å². The third-order valence-electron chi connectivity index (χ3n) is 3.70. The predicted octanol–water partition coefficient (Wildman–Crippen LogP) is 2.20. The van der Waals surface area contributed by atoms with E-state index in [9.17, 15) is 4.79 Å². The standard InChI is InChI=1S/C15H17ClN4O/c16-11-4-2-1-3-10(11)13-7-14(20-19-13)15(21)18-8-12(17)9-5-6-9/h1-4,7,9,12H,5-6,8,17H2,(H,18,21)(H,19,20). The lowest BCUT2D eigenvalue weighted by molar-refractivity contribution is 0.0945. The van der Waals surface area contributed by atoms with Crippen LogP contribution in [0.4, 0.5) is 0 Å². The highest BCUT2D eigenvalue weighted by Crippen LogP contribution is 2.31. The van der Waals surface area contributed by atoms with Crippen molar-refractivity contribution in [2.45, 2.75) is 18.9 Å². The molecule has 1 aromatic carbocycles. The molecule has 110 valence electrons. The SMILES string of the molecule is NC(CNC(=O)c1cc(-c2ccccc2Cl)n[nH]1)C1CC1. The highest BCUT2D eigenvalue weighted by Gasteiger charge is 2.28. The van der Waals surface area contributed by atoms with Gasteiger partial charge in [-0.2, -0.15) is 5.10 Å². The van der Waals surface area contributed by atoms with E-state index in [1.165, 1.54) is 0 Å². The number of H-pyrrole nitrogens is 1.